The van der Waals surface area contributed by atoms with Crippen LogP contribution < -0.4 is 9.47 Å². The molecule has 0 saturated heterocycles. The molecule has 6 nitrogen and oxygen atoms in total. The molecule has 1 heterocycles. The van der Waals surface area contributed by atoms with Gasteiger partial charge in [0.25, 0.3) is 0 Å². The van der Waals surface area contributed by atoms with Crippen LogP contribution in [-0.2, 0) is 19.1 Å². The molecule has 1 aliphatic heterocycles. The standard InChI is InChI=1S/C21H15BrO6/c1-12(23)26-18-8-5-15(20(11-18)27-13(2)24)9-16-10-19(28-21(16)25)14-3-6-17(22)7-4-14/h3-11H,1-2H3. The Bertz CT molecular complexity index is 1020. The zero-order chi connectivity index (χ0) is 20.3. The molecular weight excluding hydrogens is 428 g/mol. The second kappa shape index (κ2) is 8.22. The first-order valence-electron chi connectivity index (χ1n) is 8.24. The average Bonchev–Trinajstić information content (AvgIpc) is 2.97. The van der Waals surface area contributed by atoms with E-state index in [0.29, 0.717) is 16.9 Å². The van der Waals surface area contributed by atoms with E-state index >= 15 is 0 Å². The zero-order valence-electron chi connectivity index (χ0n) is 15.0. The smallest absolute Gasteiger partial charge is 0.343 e. The van der Waals surface area contributed by atoms with E-state index in [0.717, 1.165) is 10.0 Å². The Morgan fingerprint density at radius 3 is 2.32 bits per heavy atom. The highest BCUT2D eigenvalue weighted by atomic mass is 79.9. The van der Waals surface area contributed by atoms with Gasteiger partial charge in [0.05, 0.1) is 5.57 Å². The summed E-state index contributed by atoms with van der Waals surface area (Å²) in [4.78, 5) is 34.8. The third kappa shape index (κ3) is 4.75. The van der Waals surface area contributed by atoms with Gasteiger partial charge in [-0.15, -0.1) is 0 Å². The number of ether oxygens (including phenoxy) is 3. The first-order chi connectivity index (χ1) is 13.3. The van der Waals surface area contributed by atoms with E-state index < -0.39 is 17.9 Å². The minimum atomic E-state index is -0.542. The fraction of sp³-hybridized carbons (Fsp3) is 0.0952. The van der Waals surface area contributed by atoms with E-state index in [9.17, 15) is 14.4 Å². The molecule has 2 aromatic carbocycles. The van der Waals surface area contributed by atoms with Gasteiger partial charge in [-0.25, -0.2) is 4.79 Å². The molecule has 0 fully saturated rings. The van der Waals surface area contributed by atoms with Crippen LogP contribution in [0.25, 0.3) is 11.8 Å². The van der Waals surface area contributed by atoms with Crippen LogP contribution in [0.15, 0.2) is 58.6 Å². The van der Waals surface area contributed by atoms with E-state index in [2.05, 4.69) is 15.9 Å². The molecule has 1 aliphatic rings. The van der Waals surface area contributed by atoms with Gasteiger partial charge >= 0.3 is 17.9 Å². The van der Waals surface area contributed by atoms with Crippen molar-refractivity contribution in [3.8, 4) is 11.5 Å². The summed E-state index contributed by atoms with van der Waals surface area (Å²) >= 11 is 3.36. The van der Waals surface area contributed by atoms with Crippen LogP contribution in [-0.4, -0.2) is 17.9 Å². The van der Waals surface area contributed by atoms with Crippen LogP contribution in [0.3, 0.4) is 0 Å². The van der Waals surface area contributed by atoms with Crippen molar-refractivity contribution in [2.24, 2.45) is 0 Å². The Morgan fingerprint density at radius 2 is 1.68 bits per heavy atom. The normalized spacial score (nSPS) is 14.5. The Kier molecular flexibility index (Phi) is 5.75. The summed E-state index contributed by atoms with van der Waals surface area (Å²) in [5.74, 6) is -0.742. The minimum Gasteiger partial charge on any atom is -0.427 e. The van der Waals surface area contributed by atoms with E-state index in [1.807, 2.05) is 24.3 Å². The molecule has 0 N–H and O–H groups in total. The number of hydrogen-bond acceptors (Lipinski definition) is 6. The summed E-state index contributed by atoms with van der Waals surface area (Å²) in [7, 11) is 0. The van der Waals surface area contributed by atoms with Gasteiger partial charge in [0.2, 0.25) is 0 Å². The van der Waals surface area contributed by atoms with Gasteiger partial charge in [-0.3, -0.25) is 9.59 Å². The topological polar surface area (TPSA) is 78.9 Å². The van der Waals surface area contributed by atoms with Gasteiger partial charge in [0.15, 0.2) is 0 Å². The number of cyclic esters (lactones) is 1. The van der Waals surface area contributed by atoms with Gasteiger partial charge in [0.1, 0.15) is 17.3 Å². The highest BCUT2D eigenvalue weighted by molar-refractivity contribution is 9.10. The molecule has 28 heavy (non-hydrogen) atoms. The second-order valence-electron chi connectivity index (χ2n) is 5.89. The molecule has 0 aromatic heterocycles. The fourth-order valence-electron chi connectivity index (χ4n) is 2.52. The van der Waals surface area contributed by atoms with Gasteiger partial charge < -0.3 is 14.2 Å². The molecule has 7 heteroatoms. The predicted octanol–water partition coefficient (Wildman–Crippen LogP) is 4.28. The van der Waals surface area contributed by atoms with Crippen molar-refractivity contribution < 1.29 is 28.6 Å². The third-order valence-corrected chi connectivity index (χ3v) is 4.19. The van der Waals surface area contributed by atoms with E-state index in [1.54, 1.807) is 24.3 Å². The maximum atomic E-state index is 12.2. The van der Waals surface area contributed by atoms with Crippen molar-refractivity contribution in [1.29, 1.82) is 0 Å². The van der Waals surface area contributed by atoms with Crippen LogP contribution in [0.2, 0.25) is 0 Å². The molecule has 0 aliphatic carbocycles. The summed E-state index contributed by atoms with van der Waals surface area (Å²) in [5.41, 5.74) is 1.52. The fourth-order valence-corrected chi connectivity index (χ4v) is 2.78. The number of hydrogen-bond donors (Lipinski definition) is 0. The molecule has 142 valence electrons. The van der Waals surface area contributed by atoms with E-state index in [1.165, 1.54) is 19.9 Å². The lowest BCUT2D eigenvalue weighted by Crippen LogP contribution is -2.05. The van der Waals surface area contributed by atoms with Crippen LogP contribution in [0.5, 0.6) is 11.5 Å². The highest BCUT2D eigenvalue weighted by Gasteiger charge is 2.22. The maximum Gasteiger partial charge on any atom is 0.343 e. The van der Waals surface area contributed by atoms with Gasteiger partial charge in [0, 0.05) is 35.5 Å². The zero-order valence-corrected chi connectivity index (χ0v) is 16.6. The van der Waals surface area contributed by atoms with Crippen molar-refractivity contribution in [1.82, 2.24) is 0 Å². The number of benzene rings is 2. The Balaban J connectivity index is 1.96. The van der Waals surface area contributed by atoms with Gasteiger partial charge in [-0.1, -0.05) is 28.1 Å². The van der Waals surface area contributed by atoms with Crippen molar-refractivity contribution in [3.05, 3.63) is 69.7 Å². The maximum absolute atomic E-state index is 12.2. The number of esters is 3. The summed E-state index contributed by atoms with van der Waals surface area (Å²) in [5, 5.41) is 0. The first kappa shape index (κ1) is 19.6. The van der Waals surface area contributed by atoms with Gasteiger partial charge in [-0.05, 0) is 36.4 Å². The van der Waals surface area contributed by atoms with Crippen LogP contribution in [0.4, 0.5) is 0 Å². The lowest BCUT2D eigenvalue weighted by atomic mass is 10.1. The molecular formula is C21H15BrO6. The SMILES string of the molecule is CC(=O)Oc1ccc(C=C2C=C(c3ccc(Br)cc3)OC2=O)c(OC(C)=O)c1. The summed E-state index contributed by atoms with van der Waals surface area (Å²) in [6.07, 6.45) is 3.16. The van der Waals surface area contributed by atoms with Crippen LogP contribution >= 0.6 is 15.9 Å². The highest BCUT2D eigenvalue weighted by Crippen LogP contribution is 2.32. The monoisotopic (exact) mass is 442 g/mol. The molecule has 0 bridgehead atoms. The van der Waals surface area contributed by atoms with Gasteiger partial charge in [-0.2, -0.15) is 0 Å². The van der Waals surface area contributed by atoms with E-state index in [4.69, 9.17) is 14.2 Å². The lowest BCUT2D eigenvalue weighted by Gasteiger charge is -2.08. The van der Waals surface area contributed by atoms with Crippen LogP contribution in [0.1, 0.15) is 25.0 Å². The Labute approximate surface area is 169 Å². The number of halogens is 1. The number of carbonyl (C=O) groups excluding carboxylic acids is 3. The second-order valence-corrected chi connectivity index (χ2v) is 6.81. The Hall–Kier alpha value is -3.19. The van der Waals surface area contributed by atoms with Crippen LogP contribution in [0, 0.1) is 0 Å². The average molecular weight is 443 g/mol. The summed E-state index contributed by atoms with van der Waals surface area (Å²) in [6, 6.07) is 11.9. The van der Waals surface area contributed by atoms with Crippen molar-refractivity contribution >= 4 is 45.7 Å². The third-order valence-electron chi connectivity index (χ3n) is 3.66. The number of rotatable bonds is 4. The van der Waals surface area contributed by atoms with Crippen molar-refractivity contribution in [3.63, 3.8) is 0 Å². The van der Waals surface area contributed by atoms with Crippen molar-refractivity contribution in [2.75, 3.05) is 0 Å². The molecule has 0 atom stereocenters. The summed E-state index contributed by atoms with van der Waals surface area (Å²) in [6.45, 7) is 2.52. The van der Waals surface area contributed by atoms with Crippen molar-refractivity contribution in [2.45, 2.75) is 13.8 Å². The van der Waals surface area contributed by atoms with E-state index in [-0.39, 0.29) is 11.5 Å². The molecule has 0 amide bonds. The molecule has 2 aromatic rings. The Morgan fingerprint density at radius 1 is 1.00 bits per heavy atom. The number of carbonyl (C=O) groups is 3. The largest absolute Gasteiger partial charge is 0.427 e. The summed E-state index contributed by atoms with van der Waals surface area (Å²) < 4.78 is 16.4. The lowest BCUT2D eigenvalue weighted by molar-refractivity contribution is -0.132. The molecule has 0 unspecified atom stereocenters. The minimum absolute atomic E-state index is 0.164. The molecule has 0 spiro atoms. The quantitative estimate of drug-likeness (QED) is 0.399. The molecule has 3 rings (SSSR count). The first-order valence-corrected chi connectivity index (χ1v) is 9.03. The molecule has 0 saturated carbocycles. The predicted molar refractivity (Wildman–Crippen MR) is 105 cm³/mol. The molecule has 0 radical (unpaired) electrons.